The molecule has 15 heteroatoms. The highest BCUT2D eigenvalue weighted by molar-refractivity contribution is 7.22. The number of alkyl halides is 1. The first-order chi connectivity index (χ1) is 22.0. The van der Waals surface area contributed by atoms with Gasteiger partial charge in [0, 0.05) is 50.9 Å². The van der Waals surface area contributed by atoms with E-state index >= 15 is 4.39 Å². The molecule has 0 saturated carbocycles. The minimum atomic E-state index is -0.915. The third-order valence-corrected chi connectivity index (χ3v) is 9.63. The topological polar surface area (TPSA) is 118 Å². The summed E-state index contributed by atoms with van der Waals surface area (Å²) in [5, 5.41) is 6.35. The third kappa shape index (κ3) is 5.79. The highest BCUT2D eigenvalue weighted by Gasteiger charge is 2.49. The zero-order valence-electron chi connectivity index (χ0n) is 25.8. The molecule has 0 aliphatic carbocycles. The van der Waals surface area contributed by atoms with Gasteiger partial charge >= 0.3 is 12.1 Å². The molecule has 46 heavy (non-hydrogen) atoms. The van der Waals surface area contributed by atoms with Crippen molar-refractivity contribution in [2.24, 2.45) is 0 Å². The van der Waals surface area contributed by atoms with Crippen molar-refractivity contribution in [2.45, 2.75) is 57.3 Å². The second kappa shape index (κ2) is 11.8. The highest BCUT2D eigenvalue weighted by Crippen LogP contribution is 2.41. The molecule has 1 amide bonds. The lowest BCUT2D eigenvalue weighted by atomic mass is 9.95. The lowest BCUT2D eigenvalue weighted by Crippen LogP contribution is -2.44. The zero-order chi connectivity index (χ0) is 32.2. The minimum absolute atomic E-state index is 0.00101. The number of aromatic nitrogens is 4. The number of pyridine rings is 1. The molecule has 3 aromatic heterocycles. The van der Waals surface area contributed by atoms with Crippen LogP contribution in [0.2, 0.25) is 0 Å². The van der Waals surface area contributed by atoms with Crippen LogP contribution in [0.3, 0.4) is 0 Å². The third-order valence-electron chi connectivity index (χ3n) is 8.65. The van der Waals surface area contributed by atoms with Crippen molar-refractivity contribution in [3.05, 3.63) is 30.0 Å². The average Bonchev–Trinajstić information content (AvgIpc) is 3.68. The molecule has 0 radical (unpaired) electrons. The van der Waals surface area contributed by atoms with Crippen molar-refractivity contribution in [3.63, 3.8) is 0 Å². The molecular weight excluding hydrogens is 621 g/mol. The minimum Gasteiger partial charge on any atom is -0.461 e. The number of hydrogen-bond acceptors (Lipinski definition) is 11. The summed E-state index contributed by atoms with van der Waals surface area (Å²) >= 11 is 0.909. The average molecular weight is 657 g/mol. The Labute approximate surface area is 267 Å². The molecule has 2 N–H and O–H groups in total. The second-order valence-electron chi connectivity index (χ2n) is 13.0. The summed E-state index contributed by atoms with van der Waals surface area (Å²) in [6.45, 7) is 9.30. The molecule has 3 aliphatic heterocycles. The fourth-order valence-corrected chi connectivity index (χ4v) is 7.53. The molecule has 6 heterocycles. The first kappa shape index (κ1) is 30.8. The van der Waals surface area contributed by atoms with E-state index in [1.54, 1.807) is 20.8 Å². The SMILES string of the molecule is CC(C)(C)OC(=O)Nc1nc2c(-c3ncc4c(N5CCNCC5)nc(OC[C@@]56CCCN5C[C@H](F)C6)nc4c3F)ccc(F)c2s1. The quantitative estimate of drug-likeness (QED) is 0.284. The lowest BCUT2D eigenvalue weighted by Gasteiger charge is -2.31. The van der Waals surface area contributed by atoms with Gasteiger partial charge in [-0.05, 0) is 52.3 Å². The molecule has 0 spiro atoms. The molecule has 7 rings (SSSR count). The van der Waals surface area contributed by atoms with Crippen molar-refractivity contribution in [3.8, 4) is 17.3 Å². The molecule has 0 unspecified atom stereocenters. The van der Waals surface area contributed by atoms with Crippen molar-refractivity contribution in [1.29, 1.82) is 0 Å². The summed E-state index contributed by atoms with van der Waals surface area (Å²) in [7, 11) is 0. The van der Waals surface area contributed by atoms with E-state index in [1.165, 1.54) is 18.3 Å². The number of carbonyl (C=O) groups is 1. The van der Waals surface area contributed by atoms with Crippen LogP contribution in [0.5, 0.6) is 6.01 Å². The molecule has 1 aromatic carbocycles. The predicted molar refractivity (Wildman–Crippen MR) is 169 cm³/mol. The fourth-order valence-electron chi connectivity index (χ4n) is 6.65. The number of hydrogen-bond donors (Lipinski definition) is 2. The van der Waals surface area contributed by atoms with E-state index in [0.717, 1.165) is 43.8 Å². The Bertz CT molecular complexity index is 1810. The molecule has 3 aliphatic rings. The van der Waals surface area contributed by atoms with E-state index in [2.05, 4.69) is 30.5 Å². The van der Waals surface area contributed by atoms with Crippen LogP contribution in [0.15, 0.2) is 18.3 Å². The van der Waals surface area contributed by atoms with Crippen molar-refractivity contribution in [1.82, 2.24) is 30.2 Å². The number of amides is 1. The number of ether oxygens (including phenoxy) is 2. The molecular formula is C31H35F3N8O3S. The molecule has 11 nitrogen and oxygen atoms in total. The number of nitrogens with zero attached hydrogens (tertiary/aromatic N) is 6. The fraction of sp³-hybridized carbons (Fsp3) is 0.516. The molecule has 3 saturated heterocycles. The number of thiazole rings is 1. The van der Waals surface area contributed by atoms with Crippen molar-refractivity contribution >= 4 is 49.5 Å². The normalized spacial score (nSPS) is 22.0. The highest BCUT2D eigenvalue weighted by atomic mass is 32.1. The largest absolute Gasteiger partial charge is 0.461 e. The Hall–Kier alpha value is -3.82. The summed E-state index contributed by atoms with van der Waals surface area (Å²) < 4.78 is 57.5. The summed E-state index contributed by atoms with van der Waals surface area (Å²) in [5.74, 6) is -0.817. The van der Waals surface area contributed by atoms with Gasteiger partial charge in [-0.25, -0.2) is 22.9 Å². The van der Waals surface area contributed by atoms with Gasteiger partial charge in [-0.1, -0.05) is 11.3 Å². The summed E-state index contributed by atoms with van der Waals surface area (Å²) in [4.78, 5) is 34.6. The monoisotopic (exact) mass is 656 g/mol. The number of piperazine rings is 1. The smallest absolute Gasteiger partial charge is 0.413 e. The lowest BCUT2D eigenvalue weighted by molar-refractivity contribution is 0.0636. The van der Waals surface area contributed by atoms with Gasteiger partial charge in [-0.3, -0.25) is 15.2 Å². The summed E-state index contributed by atoms with van der Waals surface area (Å²) in [6, 6.07) is 2.62. The molecule has 0 bridgehead atoms. The van der Waals surface area contributed by atoms with Gasteiger partial charge < -0.3 is 19.7 Å². The number of anilines is 2. The Kier molecular flexibility index (Phi) is 7.88. The molecule has 2 atom stereocenters. The number of rotatable bonds is 6. The van der Waals surface area contributed by atoms with Gasteiger partial charge in [0.15, 0.2) is 10.9 Å². The van der Waals surface area contributed by atoms with Crippen LogP contribution in [0.1, 0.15) is 40.0 Å². The van der Waals surface area contributed by atoms with Crippen molar-refractivity contribution in [2.75, 3.05) is 56.1 Å². The molecule has 244 valence electrons. The summed E-state index contributed by atoms with van der Waals surface area (Å²) in [6.07, 6.45) is 2.01. The van der Waals surface area contributed by atoms with E-state index in [4.69, 9.17) is 14.5 Å². The number of carbonyl (C=O) groups excluding carboxylic acids is 1. The van der Waals surface area contributed by atoms with E-state index in [1.807, 2.05) is 4.90 Å². The van der Waals surface area contributed by atoms with Crippen LogP contribution < -0.4 is 20.3 Å². The van der Waals surface area contributed by atoms with Gasteiger partial charge in [0.1, 0.15) is 41.2 Å². The number of benzene rings is 1. The van der Waals surface area contributed by atoms with Crippen LogP contribution in [0.25, 0.3) is 32.4 Å². The van der Waals surface area contributed by atoms with Gasteiger partial charge in [-0.15, -0.1) is 0 Å². The Morgan fingerprint density at radius 3 is 2.74 bits per heavy atom. The van der Waals surface area contributed by atoms with E-state index in [0.29, 0.717) is 37.3 Å². The standard InChI is InChI=1S/C31H35F3N8O3S/c1-30(2,3)45-29(43)40-28-38-24-18(5-6-20(33)25(24)46-28)22-21(34)23-19(14-36-22)26(41-11-8-35-9-12-41)39-27(37-23)44-16-31-7-4-10-42(31)15-17(32)13-31/h5-6,14,17,35H,4,7-13,15-16H2,1-3H3,(H,38,40,43)/t17-,31+/m1/s1. The van der Waals surface area contributed by atoms with Crippen LogP contribution in [0.4, 0.5) is 28.9 Å². The van der Waals surface area contributed by atoms with Gasteiger partial charge in [-0.2, -0.15) is 9.97 Å². The van der Waals surface area contributed by atoms with E-state index in [9.17, 15) is 13.6 Å². The van der Waals surface area contributed by atoms with E-state index < -0.39 is 35.0 Å². The molecule has 3 fully saturated rings. The van der Waals surface area contributed by atoms with Crippen LogP contribution in [-0.4, -0.2) is 94.1 Å². The Morgan fingerprint density at radius 2 is 1.96 bits per heavy atom. The summed E-state index contributed by atoms with van der Waals surface area (Å²) in [5.41, 5.74) is -0.888. The number of halogens is 3. The van der Waals surface area contributed by atoms with Crippen LogP contribution >= 0.6 is 11.3 Å². The molecule has 4 aromatic rings. The van der Waals surface area contributed by atoms with Gasteiger partial charge in [0.2, 0.25) is 0 Å². The first-order valence-corrected chi connectivity index (χ1v) is 16.2. The zero-order valence-corrected chi connectivity index (χ0v) is 26.6. The predicted octanol–water partition coefficient (Wildman–Crippen LogP) is 5.29. The maximum absolute atomic E-state index is 16.6. The van der Waals surface area contributed by atoms with Gasteiger partial charge in [0.25, 0.3) is 0 Å². The second-order valence-corrected chi connectivity index (χ2v) is 14.0. The Balaban J connectivity index is 1.28. The van der Waals surface area contributed by atoms with Crippen LogP contribution in [-0.2, 0) is 4.74 Å². The maximum Gasteiger partial charge on any atom is 0.413 e. The van der Waals surface area contributed by atoms with Gasteiger partial charge in [0.05, 0.1) is 21.1 Å². The van der Waals surface area contributed by atoms with Crippen LogP contribution in [0, 0.1) is 11.6 Å². The Morgan fingerprint density at radius 1 is 1.15 bits per heavy atom. The van der Waals surface area contributed by atoms with Crippen molar-refractivity contribution < 1.29 is 27.4 Å². The van der Waals surface area contributed by atoms with E-state index in [-0.39, 0.29) is 44.7 Å². The maximum atomic E-state index is 16.6. The number of fused-ring (bicyclic) bond motifs is 3. The number of nitrogens with one attached hydrogen (secondary N) is 2. The first-order valence-electron chi connectivity index (χ1n) is 15.4.